The van der Waals surface area contributed by atoms with Crippen LogP contribution in [0.3, 0.4) is 0 Å². The van der Waals surface area contributed by atoms with Gasteiger partial charge in [0.25, 0.3) is 0 Å². The molecule has 114 valence electrons. The minimum atomic E-state index is 0.721. The summed E-state index contributed by atoms with van der Waals surface area (Å²) >= 11 is 0. The van der Waals surface area contributed by atoms with Crippen LogP contribution < -0.4 is 5.32 Å². The van der Waals surface area contributed by atoms with E-state index in [2.05, 4.69) is 12.2 Å². The molecule has 5 aliphatic rings. The molecule has 0 heterocycles. The lowest BCUT2D eigenvalue weighted by molar-refractivity contribution is -0.0756. The molecule has 1 N–H and O–H groups in total. The van der Waals surface area contributed by atoms with Crippen molar-refractivity contribution in [3.05, 3.63) is 0 Å². The van der Waals surface area contributed by atoms with Crippen molar-refractivity contribution in [3.63, 3.8) is 0 Å². The number of hydrogen-bond donors (Lipinski definition) is 1. The van der Waals surface area contributed by atoms with E-state index in [0.29, 0.717) is 0 Å². The summed E-state index contributed by atoms with van der Waals surface area (Å²) in [5.41, 5.74) is 0.721. The van der Waals surface area contributed by atoms with Crippen LogP contribution in [0.15, 0.2) is 0 Å². The van der Waals surface area contributed by atoms with E-state index in [-0.39, 0.29) is 0 Å². The third kappa shape index (κ3) is 2.56. The Kier molecular flexibility index (Phi) is 3.61. The Morgan fingerprint density at radius 3 is 2.10 bits per heavy atom. The maximum atomic E-state index is 4.01. The quantitative estimate of drug-likeness (QED) is 0.706. The average Bonchev–Trinajstić information content (AvgIpc) is 3.21. The summed E-state index contributed by atoms with van der Waals surface area (Å²) in [4.78, 5) is 0. The van der Waals surface area contributed by atoms with Crippen molar-refractivity contribution in [2.75, 3.05) is 6.54 Å². The van der Waals surface area contributed by atoms with Gasteiger partial charge >= 0.3 is 0 Å². The lowest BCUT2D eigenvalue weighted by Gasteiger charge is -2.59. The Balaban J connectivity index is 1.47. The molecular weight excluding hydrogens is 242 g/mol. The molecule has 5 saturated carbocycles. The molecule has 20 heavy (non-hydrogen) atoms. The van der Waals surface area contributed by atoms with Crippen LogP contribution in [0.5, 0.6) is 0 Å². The highest BCUT2D eigenvalue weighted by Gasteiger charge is 2.53. The second-order valence-electron chi connectivity index (χ2n) is 8.81. The fourth-order valence-corrected chi connectivity index (χ4v) is 6.36. The zero-order valence-corrected chi connectivity index (χ0v) is 13.4. The van der Waals surface area contributed by atoms with Gasteiger partial charge in [-0.1, -0.05) is 19.8 Å². The summed E-state index contributed by atoms with van der Waals surface area (Å²) in [7, 11) is 0. The first-order chi connectivity index (χ1) is 9.77. The third-order valence-corrected chi connectivity index (χ3v) is 7.03. The van der Waals surface area contributed by atoms with E-state index >= 15 is 0 Å². The first-order valence-corrected chi connectivity index (χ1v) is 9.51. The fourth-order valence-electron chi connectivity index (χ4n) is 6.36. The average molecular weight is 275 g/mol. The second kappa shape index (κ2) is 5.30. The maximum absolute atomic E-state index is 4.01. The molecule has 1 nitrogen and oxygen atoms in total. The van der Waals surface area contributed by atoms with E-state index in [1.165, 1.54) is 38.6 Å². The fraction of sp³-hybridized carbons (Fsp3) is 1.00. The van der Waals surface area contributed by atoms with E-state index in [1.807, 2.05) is 0 Å². The van der Waals surface area contributed by atoms with Crippen molar-refractivity contribution in [2.24, 2.45) is 29.1 Å². The van der Waals surface area contributed by atoms with Crippen LogP contribution in [0.1, 0.15) is 77.6 Å². The van der Waals surface area contributed by atoms with Crippen LogP contribution >= 0.6 is 0 Å². The topological polar surface area (TPSA) is 12.0 Å². The van der Waals surface area contributed by atoms with Gasteiger partial charge in [-0.2, -0.15) is 0 Å². The van der Waals surface area contributed by atoms with Crippen molar-refractivity contribution >= 4 is 0 Å². The van der Waals surface area contributed by atoms with Crippen molar-refractivity contribution in [1.29, 1.82) is 0 Å². The van der Waals surface area contributed by atoms with E-state index in [9.17, 15) is 0 Å². The van der Waals surface area contributed by atoms with Gasteiger partial charge in [0.05, 0.1) is 0 Å². The minimum Gasteiger partial charge on any atom is -0.313 e. The molecule has 1 unspecified atom stereocenters. The molecule has 1 atom stereocenters. The van der Waals surface area contributed by atoms with Crippen LogP contribution in [-0.2, 0) is 0 Å². The molecule has 5 aliphatic carbocycles. The minimum absolute atomic E-state index is 0.721. The molecule has 0 aromatic carbocycles. The Morgan fingerprint density at radius 2 is 1.60 bits per heavy atom. The molecule has 0 aliphatic heterocycles. The number of rotatable bonds is 7. The van der Waals surface area contributed by atoms with E-state index in [0.717, 1.165) is 35.1 Å². The molecule has 0 saturated heterocycles. The Morgan fingerprint density at radius 1 is 1.00 bits per heavy atom. The van der Waals surface area contributed by atoms with Gasteiger partial charge in [0.15, 0.2) is 0 Å². The van der Waals surface area contributed by atoms with Crippen LogP contribution in [0, 0.1) is 29.1 Å². The van der Waals surface area contributed by atoms with Crippen molar-refractivity contribution < 1.29 is 0 Å². The van der Waals surface area contributed by atoms with Gasteiger partial charge in [-0.25, -0.2) is 0 Å². The normalized spacial score (nSPS) is 44.0. The molecule has 5 rings (SSSR count). The molecule has 0 aromatic rings. The highest BCUT2D eigenvalue weighted by Crippen LogP contribution is 2.61. The molecule has 1 heteroatoms. The van der Waals surface area contributed by atoms with Crippen molar-refractivity contribution in [1.82, 2.24) is 5.32 Å². The van der Waals surface area contributed by atoms with Gasteiger partial charge in [0.2, 0.25) is 0 Å². The van der Waals surface area contributed by atoms with Crippen molar-refractivity contribution in [3.8, 4) is 0 Å². The van der Waals surface area contributed by atoms with E-state index in [1.54, 1.807) is 38.5 Å². The zero-order chi connectivity index (χ0) is 13.6. The van der Waals surface area contributed by atoms with Gasteiger partial charge in [0, 0.05) is 6.04 Å². The summed E-state index contributed by atoms with van der Waals surface area (Å²) in [6.07, 6.45) is 16.8. The van der Waals surface area contributed by atoms with Crippen LogP contribution in [0.25, 0.3) is 0 Å². The predicted octanol–water partition coefficient (Wildman–Crippen LogP) is 4.76. The second-order valence-corrected chi connectivity index (χ2v) is 8.81. The molecule has 0 amide bonds. The summed E-state index contributed by atoms with van der Waals surface area (Å²) < 4.78 is 0. The Hall–Kier alpha value is -0.0400. The monoisotopic (exact) mass is 275 g/mol. The summed E-state index contributed by atoms with van der Waals surface area (Å²) in [5.74, 6) is 4.42. The molecule has 5 fully saturated rings. The van der Waals surface area contributed by atoms with Crippen LogP contribution in [0.2, 0.25) is 0 Å². The van der Waals surface area contributed by atoms with Gasteiger partial charge in [0.1, 0.15) is 0 Å². The van der Waals surface area contributed by atoms with Gasteiger partial charge in [-0.3, -0.25) is 0 Å². The smallest absolute Gasteiger partial charge is 0.0124 e. The van der Waals surface area contributed by atoms with Crippen LogP contribution in [0.4, 0.5) is 0 Å². The lowest BCUT2D eigenvalue weighted by atomic mass is 9.47. The maximum Gasteiger partial charge on any atom is 0.0124 e. The standard InChI is InChI=1S/C19H33N/c1-2-7-20-18(6-5-14-3-4-14)19-11-15-8-16(12-19)10-17(9-15)13-19/h14-18,20H,2-13H2,1H3. The zero-order valence-electron chi connectivity index (χ0n) is 13.4. The molecule has 4 bridgehead atoms. The molecule has 0 radical (unpaired) electrons. The predicted molar refractivity (Wildman–Crippen MR) is 84.6 cm³/mol. The van der Waals surface area contributed by atoms with Gasteiger partial charge in [-0.15, -0.1) is 0 Å². The molecular formula is C19H33N. The first kappa shape index (κ1) is 13.6. The molecule has 0 aromatic heterocycles. The number of hydrogen-bond acceptors (Lipinski definition) is 1. The van der Waals surface area contributed by atoms with E-state index in [4.69, 9.17) is 0 Å². The van der Waals surface area contributed by atoms with Gasteiger partial charge in [-0.05, 0) is 93.4 Å². The summed E-state index contributed by atoms with van der Waals surface area (Å²) in [6, 6.07) is 0.858. The SMILES string of the molecule is CCCNC(CCC1CC1)C12CC3CC(CC(C3)C1)C2. The largest absolute Gasteiger partial charge is 0.313 e. The van der Waals surface area contributed by atoms with Crippen molar-refractivity contribution in [2.45, 2.75) is 83.6 Å². The highest BCUT2D eigenvalue weighted by molar-refractivity contribution is 5.06. The third-order valence-electron chi connectivity index (χ3n) is 7.03. The molecule has 0 spiro atoms. The Labute approximate surface area is 125 Å². The Bertz CT molecular complexity index is 308. The van der Waals surface area contributed by atoms with E-state index < -0.39 is 0 Å². The summed E-state index contributed by atoms with van der Waals surface area (Å²) in [5, 5.41) is 4.01. The highest BCUT2D eigenvalue weighted by atomic mass is 14.9. The van der Waals surface area contributed by atoms with Crippen LogP contribution in [-0.4, -0.2) is 12.6 Å². The lowest BCUT2D eigenvalue weighted by Crippen LogP contribution is -2.56. The summed E-state index contributed by atoms with van der Waals surface area (Å²) in [6.45, 7) is 3.57. The first-order valence-electron chi connectivity index (χ1n) is 9.51. The number of nitrogens with one attached hydrogen (secondary N) is 1. The van der Waals surface area contributed by atoms with Gasteiger partial charge < -0.3 is 5.32 Å².